The molecule has 1 heterocycles. The molecule has 0 unspecified atom stereocenters. The molecule has 2 aromatic rings. The van der Waals surface area contributed by atoms with Crippen molar-refractivity contribution < 1.29 is 4.79 Å². The van der Waals surface area contributed by atoms with Gasteiger partial charge >= 0.3 is 0 Å². The maximum absolute atomic E-state index is 11.4. The molecule has 3 nitrogen and oxygen atoms in total. The molecule has 0 amide bonds. The number of ketones is 1. The number of carbonyl (C=O) groups is 1. The summed E-state index contributed by atoms with van der Waals surface area (Å²) in [5.41, 5.74) is 1.92. The van der Waals surface area contributed by atoms with E-state index in [0.717, 1.165) is 18.7 Å². The predicted octanol–water partition coefficient (Wildman–Crippen LogP) is 4.08. The largest absolute Gasteiger partial charge is 0.384 e. The highest BCUT2D eigenvalue weighted by Crippen LogP contribution is 2.20. The smallest absolute Gasteiger partial charge is 0.159 e. The van der Waals surface area contributed by atoms with Gasteiger partial charge in [0.1, 0.15) is 6.07 Å². The lowest BCUT2D eigenvalue weighted by atomic mass is 10.1. The van der Waals surface area contributed by atoms with Crippen molar-refractivity contribution >= 4 is 45.4 Å². The third kappa shape index (κ3) is 3.81. The summed E-state index contributed by atoms with van der Waals surface area (Å²) < 4.78 is 1.27. The van der Waals surface area contributed by atoms with E-state index in [0.29, 0.717) is 11.1 Å². The Bertz CT molecular complexity index is 673. The van der Waals surface area contributed by atoms with Gasteiger partial charge in [0.25, 0.3) is 0 Å². The van der Waals surface area contributed by atoms with Crippen molar-refractivity contribution in [2.75, 3.05) is 11.9 Å². The van der Waals surface area contributed by atoms with Crippen molar-refractivity contribution in [3.63, 3.8) is 0 Å². The van der Waals surface area contributed by atoms with E-state index in [2.05, 4.69) is 46.1 Å². The molecule has 0 aliphatic rings. The van der Waals surface area contributed by atoms with Crippen LogP contribution in [0.5, 0.6) is 0 Å². The number of nitrogens with one attached hydrogen (secondary N) is 1. The maximum atomic E-state index is 11.4. The molecule has 0 bridgehead atoms. The number of hydrogen-bond acceptors (Lipinski definition) is 4. The second-order valence-electron chi connectivity index (χ2n) is 4.31. The highest BCUT2D eigenvalue weighted by molar-refractivity contribution is 14.1. The van der Waals surface area contributed by atoms with Crippen LogP contribution >= 0.6 is 33.9 Å². The van der Waals surface area contributed by atoms with Crippen LogP contribution < -0.4 is 5.32 Å². The number of nitriles is 1. The Balaban J connectivity index is 2.06. The van der Waals surface area contributed by atoms with Crippen LogP contribution in [0.15, 0.2) is 30.3 Å². The normalized spacial score (nSPS) is 10.1. The first-order valence-corrected chi connectivity index (χ1v) is 8.03. The molecular formula is C15H13IN2OS. The second-order valence-corrected chi connectivity index (χ2v) is 7.37. The molecule has 1 aromatic heterocycles. The monoisotopic (exact) mass is 396 g/mol. The van der Waals surface area contributed by atoms with Crippen molar-refractivity contribution in [3.05, 3.63) is 49.2 Å². The lowest BCUT2D eigenvalue weighted by molar-refractivity contribution is 0.101. The zero-order valence-electron chi connectivity index (χ0n) is 10.9. The number of rotatable bonds is 5. The van der Waals surface area contributed by atoms with E-state index in [1.807, 2.05) is 0 Å². The van der Waals surface area contributed by atoms with Gasteiger partial charge in [-0.15, -0.1) is 11.3 Å². The summed E-state index contributed by atoms with van der Waals surface area (Å²) in [5.74, 6) is 0.00495. The number of hydrogen-bond donors (Lipinski definition) is 1. The molecule has 102 valence electrons. The van der Waals surface area contributed by atoms with Crippen LogP contribution in [0.2, 0.25) is 0 Å². The van der Waals surface area contributed by atoms with E-state index in [1.54, 1.807) is 29.5 Å². The molecule has 0 atom stereocenters. The van der Waals surface area contributed by atoms with Gasteiger partial charge in [0.2, 0.25) is 0 Å². The quantitative estimate of drug-likeness (QED) is 0.612. The van der Waals surface area contributed by atoms with Gasteiger partial charge in [-0.25, -0.2) is 0 Å². The number of anilines is 1. The molecule has 0 saturated carbocycles. The van der Waals surface area contributed by atoms with Gasteiger partial charge in [0, 0.05) is 17.0 Å². The molecule has 0 fully saturated rings. The fourth-order valence-electron chi connectivity index (χ4n) is 1.81. The fourth-order valence-corrected chi connectivity index (χ4v) is 3.57. The predicted molar refractivity (Wildman–Crippen MR) is 90.4 cm³/mol. The topological polar surface area (TPSA) is 52.9 Å². The first kappa shape index (κ1) is 15.0. The lowest BCUT2D eigenvalue weighted by Crippen LogP contribution is -2.06. The van der Waals surface area contributed by atoms with Crippen LogP contribution in [0.25, 0.3) is 0 Å². The van der Waals surface area contributed by atoms with Crippen LogP contribution in [-0.4, -0.2) is 12.3 Å². The third-order valence-electron chi connectivity index (χ3n) is 2.86. The minimum atomic E-state index is 0.00495. The van der Waals surface area contributed by atoms with Crippen LogP contribution in [0.4, 0.5) is 5.69 Å². The highest BCUT2D eigenvalue weighted by atomic mass is 127. The van der Waals surface area contributed by atoms with E-state index in [-0.39, 0.29) is 5.78 Å². The van der Waals surface area contributed by atoms with Crippen LogP contribution in [0.1, 0.15) is 27.7 Å². The number of Topliss-reactive ketones (excluding diaryl/α,β-unsaturated/α-hetero) is 1. The second kappa shape index (κ2) is 6.86. The Hall–Kier alpha value is -1.39. The van der Waals surface area contributed by atoms with Crippen LogP contribution in [0, 0.1) is 14.2 Å². The summed E-state index contributed by atoms with van der Waals surface area (Å²) in [5, 5.41) is 12.3. The minimum Gasteiger partial charge on any atom is -0.384 e. The number of thiophene rings is 1. The third-order valence-corrected chi connectivity index (χ3v) is 4.82. The molecule has 1 aromatic carbocycles. The average molecular weight is 396 g/mol. The number of nitrogens with zero attached hydrogens (tertiary/aromatic N) is 1. The van der Waals surface area contributed by atoms with Gasteiger partial charge in [-0.05, 0) is 66.3 Å². The number of halogens is 1. The van der Waals surface area contributed by atoms with Crippen molar-refractivity contribution in [1.82, 2.24) is 0 Å². The summed E-state index contributed by atoms with van der Waals surface area (Å²) in [7, 11) is 0. The van der Waals surface area contributed by atoms with Crippen molar-refractivity contribution in [1.29, 1.82) is 5.26 Å². The van der Waals surface area contributed by atoms with Crippen LogP contribution in [-0.2, 0) is 6.42 Å². The molecule has 0 radical (unpaired) electrons. The van der Waals surface area contributed by atoms with E-state index in [1.165, 1.54) is 14.7 Å². The molecule has 1 N–H and O–H groups in total. The van der Waals surface area contributed by atoms with Crippen molar-refractivity contribution in [2.24, 2.45) is 0 Å². The summed E-state index contributed by atoms with van der Waals surface area (Å²) in [6.45, 7) is 2.27. The van der Waals surface area contributed by atoms with Gasteiger partial charge < -0.3 is 5.32 Å². The summed E-state index contributed by atoms with van der Waals surface area (Å²) >= 11 is 4.07. The summed E-state index contributed by atoms with van der Waals surface area (Å²) in [4.78, 5) is 12.7. The number of carbonyl (C=O) groups excluding carboxylic acids is 1. The Morgan fingerprint density at radius 1 is 1.40 bits per heavy atom. The zero-order chi connectivity index (χ0) is 14.5. The van der Waals surface area contributed by atoms with Gasteiger partial charge in [0.05, 0.1) is 14.1 Å². The lowest BCUT2D eigenvalue weighted by Gasteiger charge is -2.08. The molecule has 0 aliphatic carbocycles. The van der Waals surface area contributed by atoms with Crippen molar-refractivity contribution in [2.45, 2.75) is 13.3 Å². The molecule has 2 rings (SSSR count). The Kier molecular flexibility index (Phi) is 5.15. The highest BCUT2D eigenvalue weighted by Gasteiger charge is 2.06. The SMILES string of the molecule is CC(=O)c1ccc(C#N)c(NCCc2ccc(I)s2)c1. The summed E-state index contributed by atoms with van der Waals surface area (Å²) in [6, 6.07) is 11.5. The van der Waals surface area contributed by atoms with Gasteiger partial charge in [0.15, 0.2) is 5.78 Å². The van der Waals surface area contributed by atoms with Gasteiger partial charge in [-0.3, -0.25) is 4.79 Å². The Morgan fingerprint density at radius 2 is 2.20 bits per heavy atom. The first-order valence-electron chi connectivity index (χ1n) is 6.13. The molecule has 5 heteroatoms. The molecule has 0 spiro atoms. The minimum absolute atomic E-state index is 0.00495. The molecule has 20 heavy (non-hydrogen) atoms. The Morgan fingerprint density at radius 3 is 2.80 bits per heavy atom. The molecule has 0 aliphatic heterocycles. The molecular weight excluding hydrogens is 383 g/mol. The Labute approximate surface area is 135 Å². The molecule has 0 saturated heterocycles. The van der Waals surface area contributed by atoms with E-state index >= 15 is 0 Å². The summed E-state index contributed by atoms with van der Waals surface area (Å²) in [6.07, 6.45) is 0.906. The van der Waals surface area contributed by atoms with Gasteiger partial charge in [-0.2, -0.15) is 5.26 Å². The van der Waals surface area contributed by atoms with E-state index < -0.39 is 0 Å². The average Bonchev–Trinajstić information content (AvgIpc) is 2.84. The van der Waals surface area contributed by atoms with Crippen LogP contribution in [0.3, 0.4) is 0 Å². The zero-order valence-corrected chi connectivity index (χ0v) is 13.9. The standard InChI is InChI=1S/C15H13IN2OS/c1-10(19)11-2-3-12(9-17)14(8-11)18-7-6-13-4-5-15(16)20-13/h2-5,8,18H,6-7H2,1H3. The number of benzene rings is 1. The van der Waals surface area contributed by atoms with Crippen molar-refractivity contribution in [3.8, 4) is 6.07 Å². The maximum Gasteiger partial charge on any atom is 0.159 e. The van der Waals surface area contributed by atoms with E-state index in [9.17, 15) is 4.79 Å². The van der Waals surface area contributed by atoms with Gasteiger partial charge in [-0.1, -0.05) is 0 Å². The van der Waals surface area contributed by atoms with E-state index in [4.69, 9.17) is 5.26 Å². The first-order chi connectivity index (χ1) is 9.60. The fraction of sp³-hybridized carbons (Fsp3) is 0.200.